The van der Waals surface area contributed by atoms with Gasteiger partial charge in [-0.1, -0.05) is 106 Å². The highest BCUT2D eigenvalue weighted by molar-refractivity contribution is 7.01. The maximum atomic E-state index is 6.57. The van der Waals surface area contributed by atoms with Gasteiger partial charge in [0.1, 0.15) is 22.3 Å². The minimum atomic E-state index is -0.116. The summed E-state index contributed by atoms with van der Waals surface area (Å²) in [5, 5.41) is 4.53. The molecule has 4 heterocycles. The van der Waals surface area contributed by atoms with E-state index in [1.54, 1.807) is 0 Å². The van der Waals surface area contributed by atoms with Crippen molar-refractivity contribution in [3.8, 4) is 0 Å². The zero-order valence-electron chi connectivity index (χ0n) is 28.6. The molecule has 4 nitrogen and oxygen atoms in total. The van der Waals surface area contributed by atoms with Gasteiger partial charge in [-0.15, -0.1) is 0 Å². The predicted octanol–water partition coefficient (Wildman–Crippen LogP) is 10.9. The molecule has 0 saturated carbocycles. The lowest BCUT2D eigenvalue weighted by Crippen LogP contribution is -2.61. The van der Waals surface area contributed by atoms with Crippen LogP contribution >= 0.6 is 0 Å². The maximum Gasteiger partial charge on any atom is 0.252 e. The molecule has 0 unspecified atom stereocenters. The van der Waals surface area contributed by atoms with E-state index in [0.29, 0.717) is 0 Å². The Morgan fingerprint density at radius 3 is 1.35 bits per heavy atom. The third-order valence-electron chi connectivity index (χ3n) is 11.0. The van der Waals surface area contributed by atoms with Crippen LogP contribution in [-0.2, 0) is 5.41 Å². The number of hydrogen-bond acceptors (Lipinski definition) is 4. The Labute approximate surface area is 296 Å². The third-order valence-corrected chi connectivity index (χ3v) is 11.0. The second-order valence-corrected chi connectivity index (χ2v) is 14.9. The van der Waals surface area contributed by atoms with Gasteiger partial charge < -0.3 is 18.6 Å². The van der Waals surface area contributed by atoms with Crippen molar-refractivity contribution in [3.63, 3.8) is 0 Å². The lowest BCUT2D eigenvalue weighted by Gasteiger charge is -2.45. The fourth-order valence-electron chi connectivity index (χ4n) is 8.71. The molecule has 0 saturated heterocycles. The molecule has 2 aliphatic heterocycles. The Kier molecular flexibility index (Phi) is 5.71. The SMILES string of the molecule is CC(C)(C)c1cc2c3c(c1)N(c1ccccc1)c1c(ccc4oc5ccccc5c14)B3c1ccc3oc4ccccc4c3c1N2c1ccccc1. The summed E-state index contributed by atoms with van der Waals surface area (Å²) < 4.78 is 13.1. The Morgan fingerprint density at radius 1 is 0.471 bits per heavy atom. The molecule has 0 N–H and O–H groups in total. The van der Waals surface area contributed by atoms with Crippen LogP contribution in [0.4, 0.5) is 34.1 Å². The summed E-state index contributed by atoms with van der Waals surface area (Å²) in [5.41, 5.74) is 15.6. The molecule has 0 amide bonds. The fraction of sp³-hybridized carbons (Fsp3) is 0.0870. The van der Waals surface area contributed by atoms with Crippen molar-refractivity contribution in [2.24, 2.45) is 0 Å². The summed E-state index contributed by atoms with van der Waals surface area (Å²) in [7, 11) is 0. The quantitative estimate of drug-likeness (QED) is 0.173. The third kappa shape index (κ3) is 3.92. The lowest BCUT2D eigenvalue weighted by molar-refractivity contribution is 0.590. The smallest absolute Gasteiger partial charge is 0.252 e. The molecule has 0 atom stereocenters. The van der Waals surface area contributed by atoms with E-state index in [0.717, 1.165) is 55.3 Å². The maximum absolute atomic E-state index is 6.57. The van der Waals surface area contributed by atoms with Crippen molar-refractivity contribution >= 4 is 101 Å². The topological polar surface area (TPSA) is 32.8 Å². The number of rotatable bonds is 2. The number of hydrogen-bond donors (Lipinski definition) is 0. The van der Waals surface area contributed by atoms with Gasteiger partial charge in [-0.3, -0.25) is 0 Å². The molecule has 51 heavy (non-hydrogen) atoms. The van der Waals surface area contributed by atoms with Crippen LogP contribution in [0.5, 0.6) is 0 Å². The van der Waals surface area contributed by atoms with Crippen LogP contribution in [-0.4, -0.2) is 6.71 Å². The number of benzene rings is 7. The van der Waals surface area contributed by atoms with Crippen LogP contribution in [0.1, 0.15) is 26.3 Å². The molecule has 0 bridgehead atoms. The lowest BCUT2D eigenvalue weighted by atomic mass is 9.33. The van der Waals surface area contributed by atoms with Crippen molar-refractivity contribution in [1.29, 1.82) is 0 Å². The van der Waals surface area contributed by atoms with Gasteiger partial charge in [0.05, 0.1) is 22.1 Å². The molecule has 0 radical (unpaired) electrons. The van der Waals surface area contributed by atoms with E-state index < -0.39 is 0 Å². The molecule has 242 valence electrons. The largest absolute Gasteiger partial charge is 0.456 e. The standard InChI is InChI=1S/C46H33BN2O2/c1-46(2,3)28-26-35-43-36(27-28)49(30-16-8-5-9-17-30)45-34(23-25-40-42(45)32-19-11-13-21-38(32)51-40)47(43)33-22-24-39-41(31-18-10-12-20-37(31)50-39)44(33)48(35)29-14-6-4-7-15-29/h4-27H,1-3H3. The normalized spacial score (nSPS) is 13.7. The molecule has 0 spiro atoms. The first kappa shape index (κ1) is 28.6. The number of anilines is 6. The van der Waals surface area contributed by atoms with Gasteiger partial charge in [-0.25, -0.2) is 0 Å². The number of nitrogens with zero attached hydrogens (tertiary/aromatic N) is 2. The zero-order chi connectivity index (χ0) is 34.0. The molecule has 7 aromatic carbocycles. The van der Waals surface area contributed by atoms with E-state index in [4.69, 9.17) is 8.83 Å². The minimum absolute atomic E-state index is 0.0370. The first-order chi connectivity index (χ1) is 25.0. The monoisotopic (exact) mass is 656 g/mol. The second kappa shape index (κ2) is 10.2. The molecule has 5 heteroatoms. The highest BCUT2D eigenvalue weighted by Gasteiger charge is 2.46. The number of para-hydroxylation sites is 4. The Bertz CT molecular complexity index is 2680. The van der Waals surface area contributed by atoms with Gasteiger partial charge in [-0.05, 0) is 88.0 Å². The van der Waals surface area contributed by atoms with Gasteiger partial charge >= 0.3 is 0 Å². The van der Waals surface area contributed by atoms with Crippen LogP contribution in [0.25, 0.3) is 43.9 Å². The van der Waals surface area contributed by atoms with Crippen molar-refractivity contribution < 1.29 is 8.83 Å². The van der Waals surface area contributed by atoms with Crippen LogP contribution in [0.2, 0.25) is 0 Å². The van der Waals surface area contributed by atoms with Crippen LogP contribution < -0.4 is 26.2 Å². The van der Waals surface area contributed by atoms with Crippen molar-refractivity contribution in [2.75, 3.05) is 9.80 Å². The molecule has 11 rings (SSSR count). The van der Waals surface area contributed by atoms with Crippen molar-refractivity contribution in [2.45, 2.75) is 26.2 Å². The second-order valence-electron chi connectivity index (χ2n) is 14.9. The van der Waals surface area contributed by atoms with Gasteiger partial charge in [0.2, 0.25) is 0 Å². The van der Waals surface area contributed by atoms with Gasteiger partial charge in [0, 0.05) is 33.5 Å². The highest BCUT2D eigenvalue weighted by Crippen LogP contribution is 2.50. The minimum Gasteiger partial charge on any atom is -0.456 e. The Balaban J connectivity index is 1.36. The Morgan fingerprint density at radius 2 is 0.902 bits per heavy atom. The van der Waals surface area contributed by atoms with E-state index in [2.05, 4.69) is 176 Å². The summed E-state index contributed by atoms with van der Waals surface area (Å²) >= 11 is 0. The zero-order valence-corrected chi connectivity index (χ0v) is 28.6. The molecule has 2 aliphatic rings. The summed E-state index contributed by atoms with van der Waals surface area (Å²) in [6, 6.07) is 52.4. The Hall–Kier alpha value is -6.20. The molecular weight excluding hydrogens is 623 g/mol. The summed E-state index contributed by atoms with van der Waals surface area (Å²) in [4.78, 5) is 5.01. The average molecular weight is 657 g/mol. The first-order valence-corrected chi connectivity index (χ1v) is 17.7. The summed E-state index contributed by atoms with van der Waals surface area (Å²) in [5.74, 6) is 0. The van der Waals surface area contributed by atoms with Gasteiger partial charge in [-0.2, -0.15) is 0 Å². The number of furan rings is 2. The molecule has 2 aromatic heterocycles. The van der Waals surface area contributed by atoms with Gasteiger partial charge in [0.15, 0.2) is 0 Å². The molecule has 0 fully saturated rings. The van der Waals surface area contributed by atoms with Crippen molar-refractivity contribution in [3.05, 3.63) is 151 Å². The summed E-state index contributed by atoms with van der Waals surface area (Å²) in [6.07, 6.45) is 0. The van der Waals surface area contributed by atoms with E-state index in [9.17, 15) is 0 Å². The first-order valence-electron chi connectivity index (χ1n) is 17.7. The van der Waals surface area contributed by atoms with E-state index in [-0.39, 0.29) is 12.1 Å². The summed E-state index contributed by atoms with van der Waals surface area (Å²) in [6.45, 7) is 6.91. The van der Waals surface area contributed by atoms with E-state index >= 15 is 0 Å². The average Bonchev–Trinajstić information content (AvgIpc) is 3.73. The predicted molar refractivity (Wildman–Crippen MR) is 214 cm³/mol. The molecule has 9 aromatic rings. The van der Waals surface area contributed by atoms with Crippen LogP contribution in [0.3, 0.4) is 0 Å². The fourth-order valence-corrected chi connectivity index (χ4v) is 8.71. The van der Waals surface area contributed by atoms with Crippen LogP contribution in [0, 0.1) is 0 Å². The van der Waals surface area contributed by atoms with E-state index in [1.165, 1.54) is 44.7 Å². The van der Waals surface area contributed by atoms with Gasteiger partial charge in [0.25, 0.3) is 6.71 Å². The number of fused-ring (bicyclic) bond motifs is 12. The highest BCUT2D eigenvalue weighted by atomic mass is 16.3. The van der Waals surface area contributed by atoms with E-state index in [1.807, 2.05) is 0 Å². The van der Waals surface area contributed by atoms with Crippen LogP contribution in [0.15, 0.2) is 154 Å². The van der Waals surface area contributed by atoms with Crippen molar-refractivity contribution in [1.82, 2.24) is 0 Å². The molecule has 0 aliphatic carbocycles. The molecular formula is C46H33BN2O2.